The average molecular weight is 177 g/mol. The van der Waals surface area contributed by atoms with Crippen LogP contribution in [0.1, 0.15) is 5.82 Å². The third-order valence-corrected chi connectivity index (χ3v) is 1.47. The van der Waals surface area contributed by atoms with Gasteiger partial charge in [-0.05, 0) is 6.92 Å². The lowest BCUT2D eigenvalue weighted by molar-refractivity contribution is 0.991. The van der Waals surface area contributed by atoms with Crippen molar-refractivity contribution in [1.29, 1.82) is 5.26 Å². The molecular formula is C8H11N5. The van der Waals surface area contributed by atoms with Crippen molar-refractivity contribution in [2.75, 3.05) is 24.3 Å². The lowest BCUT2D eigenvalue weighted by Gasteiger charge is -2.12. The molecule has 5 heteroatoms. The van der Waals surface area contributed by atoms with E-state index < -0.39 is 0 Å². The molecule has 0 aromatic carbocycles. The highest BCUT2D eigenvalue weighted by Crippen LogP contribution is 2.12. The van der Waals surface area contributed by atoms with Crippen LogP contribution in [0.25, 0.3) is 0 Å². The highest BCUT2D eigenvalue weighted by molar-refractivity contribution is 5.50. The van der Waals surface area contributed by atoms with Crippen LogP contribution in [-0.4, -0.2) is 24.1 Å². The van der Waals surface area contributed by atoms with Gasteiger partial charge in [-0.15, -0.1) is 0 Å². The molecule has 1 aromatic rings. The second kappa shape index (κ2) is 3.72. The van der Waals surface area contributed by atoms with Gasteiger partial charge in [0.1, 0.15) is 17.5 Å². The van der Waals surface area contributed by atoms with E-state index in [1.807, 2.05) is 25.2 Å². The van der Waals surface area contributed by atoms with Crippen LogP contribution in [-0.2, 0) is 0 Å². The monoisotopic (exact) mass is 177 g/mol. The van der Waals surface area contributed by atoms with Gasteiger partial charge < -0.3 is 4.90 Å². The van der Waals surface area contributed by atoms with Crippen molar-refractivity contribution in [3.63, 3.8) is 0 Å². The number of nitrogens with one attached hydrogen (secondary N) is 1. The van der Waals surface area contributed by atoms with Crippen LogP contribution in [0.15, 0.2) is 6.07 Å². The molecular weight excluding hydrogens is 166 g/mol. The Balaban J connectivity index is 3.05. The predicted molar refractivity (Wildman–Crippen MR) is 50.3 cm³/mol. The zero-order valence-corrected chi connectivity index (χ0v) is 7.87. The molecule has 5 nitrogen and oxygen atoms in total. The van der Waals surface area contributed by atoms with Gasteiger partial charge in [0, 0.05) is 20.2 Å². The summed E-state index contributed by atoms with van der Waals surface area (Å²) in [6.07, 6.45) is 1.82. The third kappa shape index (κ3) is 2.30. The van der Waals surface area contributed by atoms with E-state index in [9.17, 15) is 0 Å². The Labute approximate surface area is 77.0 Å². The Bertz CT molecular complexity index is 339. The summed E-state index contributed by atoms with van der Waals surface area (Å²) in [4.78, 5) is 10.1. The largest absolute Gasteiger partial charge is 0.363 e. The van der Waals surface area contributed by atoms with E-state index in [0.29, 0.717) is 11.6 Å². The van der Waals surface area contributed by atoms with Crippen LogP contribution in [0.5, 0.6) is 0 Å². The van der Waals surface area contributed by atoms with Crippen molar-refractivity contribution in [2.45, 2.75) is 6.92 Å². The molecule has 13 heavy (non-hydrogen) atoms. The van der Waals surface area contributed by atoms with E-state index >= 15 is 0 Å². The Morgan fingerprint density at radius 3 is 2.69 bits per heavy atom. The summed E-state index contributed by atoms with van der Waals surface area (Å²) < 4.78 is 0. The summed E-state index contributed by atoms with van der Waals surface area (Å²) in [5.41, 5.74) is 0. The summed E-state index contributed by atoms with van der Waals surface area (Å²) in [7, 11) is 3.77. The lowest BCUT2D eigenvalue weighted by Crippen LogP contribution is -2.12. The highest BCUT2D eigenvalue weighted by Gasteiger charge is 2.01. The van der Waals surface area contributed by atoms with Gasteiger partial charge in [0.05, 0.1) is 0 Å². The van der Waals surface area contributed by atoms with Gasteiger partial charge >= 0.3 is 0 Å². The van der Waals surface area contributed by atoms with Crippen LogP contribution in [0, 0.1) is 18.4 Å². The van der Waals surface area contributed by atoms with E-state index in [1.165, 1.54) is 0 Å². The van der Waals surface area contributed by atoms with Crippen LogP contribution >= 0.6 is 0 Å². The fraction of sp³-hybridized carbons (Fsp3) is 0.375. The van der Waals surface area contributed by atoms with Crippen LogP contribution in [0.4, 0.5) is 11.6 Å². The van der Waals surface area contributed by atoms with Gasteiger partial charge in [-0.25, -0.2) is 9.97 Å². The molecule has 68 valence electrons. The van der Waals surface area contributed by atoms with E-state index in [0.717, 1.165) is 5.82 Å². The zero-order valence-electron chi connectivity index (χ0n) is 7.87. The number of anilines is 2. The molecule has 0 aliphatic carbocycles. The summed E-state index contributed by atoms with van der Waals surface area (Å²) >= 11 is 0. The normalized spacial score (nSPS) is 9.08. The Morgan fingerprint density at radius 1 is 1.46 bits per heavy atom. The molecule has 0 spiro atoms. The second-order valence-corrected chi connectivity index (χ2v) is 2.79. The number of hydrogen-bond donors (Lipinski definition) is 1. The smallest absolute Gasteiger partial charge is 0.182 e. The van der Waals surface area contributed by atoms with Crippen molar-refractivity contribution < 1.29 is 0 Å². The van der Waals surface area contributed by atoms with E-state index in [2.05, 4.69) is 15.3 Å². The van der Waals surface area contributed by atoms with Crippen molar-refractivity contribution >= 4 is 11.6 Å². The topological polar surface area (TPSA) is 64.8 Å². The quantitative estimate of drug-likeness (QED) is 0.533. The molecule has 0 amide bonds. The minimum atomic E-state index is 0.527. The number of nitriles is 1. The van der Waals surface area contributed by atoms with Gasteiger partial charge in [0.25, 0.3) is 0 Å². The number of aromatic nitrogens is 2. The minimum Gasteiger partial charge on any atom is -0.363 e. The molecule has 0 bridgehead atoms. The summed E-state index contributed by atoms with van der Waals surface area (Å²) in [5, 5.41) is 10.9. The molecule has 1 N–H and O–H groups in total. The molecule has 0 aliphatic rings. The van der Waals surface area contributed by atoms with Gasteiger partial charge in [0.15, 0.2) is 6.19 Å². The molecule has 0 atom stereocenters. The summed E-state index contributed by atoms with van der Waals surface area (Å²) in [6.45, 7) is 1.79. The maximum absolute atomic E-state index is 8.40. The van der Waals surface area contributed by atoms with Crippen LogP contribution in [0.2, 0.25) is 0 Å². The molecule has 0 unspecified atom stereocenters. The second-order valence-electron chi connectivity index (χ2n) is 2.79. The first kappa shape index (κ1) is 9.26. The van der Waals surface area contributed by atoms with Crippen LogP contribution < -0.4 is 10.2 Å². The summed E-state index contributed by atoms with van der Waals surface area (Å²) in [6, 6.07) is 1.72. The summed E-state index contributed by atoms with van der Waals surface area (Å²) in [5.74, 6) is 1.95. The SMILES string of the molecule is Cc1nc(NC#N)cc(N(C)C)n1. The number of rotatable bonds is 2. The van der Waals surface area contributed by atoms with E-state index in [-0.39, 0.29) is 0 Å². The lowest BCUT2D eigenvalue weighted by atomic mass is 10.4. The van der Waals surface area contributed by atoms with Gasteiger partial charge in [0.2, 0.25) is 0 Å². The maximum atomic E-state index is 8.40. The first-order valence-electron chi connectivity index (χ1n) is 3.81. The zero-order chi connectivity index (χ0) is 9.84. The molecule has 1 heterocycles. The van der Waals surface area contributed by atoms with Crippen molar-refractivity contribution in [1.82, 2.24) is 9.97 Å². The van der Waals surface area contributed by atoms with Crippen molar-refractivity contribution in [3.8, 4) is 6.19 Å². The first-order valence-corrected chi connectivity index (χ1v) is 3.81. The predicted octanol–water partition coefficient (Wildman–Crippen LogP) is 0.744. The van der Waals surface area contributed by atoms with Crippen LogP contribution in [0.3, 0.4) is 0 Å². The highest BCUT2D eigenvalue weighted by atomic mass is 15.2. The molecule has 1 rings (SSSR count). The van der Waals surface area contributed by atoms with Crippen molar-refractivity contribution in [2.24, 2.45) is 0 Å². The average Bonchev–Trinajstić information content (AvgIpc) is 2.03. The van der Waals surface area contributed by atoms with E-state index in [4.69, 9.17) is 5.26 Å². The Kier molecular flexibility index (Phi) is 2.65. The Hall–Kier alpha value is -1.83. The number of nitrogens with zero attached hydrogens (tertiary/aromatic N) is 4. The minimum absolute atomic E-state index is 0.527. The first-order chi connectivity index (χ1) is 6.13. The Morgan fingerprint density at radius 2 is 2.15 bits per heavy atom. The fourth-order valence-corrected chi connectivity index (χ4v) is 0.902. The van der Waals surface area contributed by atoms with E-state index in [1.54, 1.807) is 13.0 Å². The van der Waals surface area contributed by atoms with Gasteiger partial charge in [-0.1, -0.05) is 0 Å². The standard InChI is InChI=1S/C8H11N5/c1-6-11-7(10-5-9)4-8(12-6)13(2)3/h4H,1-3H3,(H,10,11,12). The molecule has 0 radical (unpaired) electrons. The van der Waals surface area contributed by atoms with Crippen molar-refractivity contribution in [3.05, 3.63) is 11.9 Å². The molecule has 0 saturated carbocycles. The maximum Gasteiger partial charge on any atom is 0.182 e. The number of hydrogen-bond acceptors (Lipinski definition) is 5. The fourth-order valence-electron chi connectivity index (χ4n) is 0.902. The van der Waals surface area contributed by atoms with Gasteiger partial charge in [-0.2, -0.15) is 5.26 Å². The molecule has 0 saturated heterocycles. The molecule has 0 fully saturated rings. The molecule has 0 aliphatic heterocycles. The molecule has 1 aromatic heterocycles. The van der Waals surface area contributed by atoms with Gasteiger partial charge in [-0.3, -0.25) is 5.32 Å². The number of aryl methyl sites for hydroxylation is 1. The third-order valence-electron chi connectivity index (χ3n) is 1.47.